The molecule has 270 valence electrons. The maximum atomic E-state index is 14.5. The van der Waals surface area contributed by atoms with Gasteiger partial charge in [0.1, 0.15) is 30.5 Å². The highest BCUT2D eigenvalue weighted by atomic mass is 16.8. The number of esters is 4. The number of Topliss-reactive ketones (excluding diaryl/α,β-unsaturated/α-hetero) is 1. The number of hydrogen-bond donors (Lipinski definition) is 3. The van der Waals surface area contributed by atoms with Crippen LogP contribution in [-0.2, 0) is 52.4 Å². The van der Waals surface area contributed by atoms with Crippen LogP contribution in [0.2, 0.25) is 0 Å². The molecule has 3 N–H and O–H groups in total. The van der Waals surface area contributed by atoms with Gasteiger partial charge in [0, 0.05) is 55.3 Å². The summed E-state index contributed by atoms with van der Waals surface area (Å²) in [4.78, 5) is 66.7. The number of epoxide rings is 2. The first-order valence-corrected chi connectivity index (χ1v) is 17.4. The lowest BCUT2D eigenvalue weighted by molar-refractivity contribution is -0.313. The summed E-state index contributed by atoms with van der Waals surface area (Å²) < 4.78 is 36.4. The third-order valence-electron chi connectivity index (χ3n) is 15.2. The maximum Gasteiger partial charge on any atom is 0.341 e. The molecular formula is C35H46O14. The molecule has 0 aromatic carbocycles. The first-order chi connectivity index (χ1) is 22.6. The quantitative estimate of drug-likeness (QED) is 0.161. The number of carbonyl (C=O) groups is 5. The van der Waals surface area contributed by atoms with Crippen molar-refractivity contribution in [3.05, 3.63) is 0 Å². The molecule has 8 aliphatic rings. The number of fused-ring (bicyclic) bond motifs is 9. The van der Waals surface area contributed by atoms with E-state index in [1.54, 1.807) is 13.8 Å². The second-order valence-electron chi connectivity index (χ2n) is 17.1. The van der Waals surface area contributed by atoms with E-state index in [2.05, 4.69) is 0 Å². The normalized spacial score (nSPS) is 58.2. The Bertz CT molecular complexity index is 1590. The molecule has 0 bridgehead atoms. The molecule has 3 saturated heterocycles. The van der Waals surface area contributed by atoms with Gasteiger partial charge in [-0.1, -0.05) is 27.7 Å². The van der Waals surface area contributed by atoms with Crippen LogP contribution in [0.1, 0.15) is 68.7 Å². The molecule has 0 aromatic rings. The molecule has 5 saturated carbocycles. The van der Waals surface area contributed by atoms with E-state index in [0.29, 0.717) is 0 Å². The average molecular weight is 691 g/mol. The van der Waals surface area contributed by atoms with Crippen molar-refractivity contribution in [1.29, 1.82) is 0 Å². The Morgan fingerprint density at radius 1 is 0.755 bits per heavy atom. The van der Waals surface area contributed by atoms with Crippen molar-refractivity contribution in [3.63, 3.8) is 0 Å². The van der Waals surface area contributed by atoms with E-state index in [1.165, 1.54) is 27.7 Å². The smallest absolute Gasteiger partial charge is 0.341 e. The molecule has 8 rings (SSSR count). The SMILES string of the molecule is CC(=O)O[C@H]1[C@@H]2[C@H]([C@H](C)[C@H]3O[C@]34OC(=O)[C@@](C)(O)[C@]24C)[C@]2(C)[C@@H]1C1C(C(C)[C@@H]2OC(C)=O)[C@]2(C)[C@H](C[C@@H]3O[C@@H]3[C@@H]2OC(C)=O)C(=O)C1(O)O. The average Bonchev–Trinajstić information content (AvgIpc) is 3.88. The molecule has 49 heavy (non-hydrogen) atoms. The molecule has 14 nitrogen and oxygen atoms in total. The topological polar surface area (TPSA) is 208 Å². The van der Waals surface area contributed by atoms with Crippen LogP contribution in [-0.4, -0.2) is 98.8 Å². The van der Waals surface area contributed by atoms with E-state index in [4.69, 9.17) is 28.4 Å². The van der Waals surface area contributed by atoms with E-state index in [1.807, 2.05) is 20.8 Å². The summed E-state index contributed by atoms with van der Waals surface area (Å²) in [6.07, 6.45) is -4.57. The lowest BCUT2D eigenvalue weighted by Gasteiger charge is -2.67. The molecule has 0 amide bonds. The summed E-state index contributed by atoms with van der Waals surface area (Å²) in [5.41, 5.74) is -6.14. The zero-order chi connectivity index (χ0) is 35.9. The largest absolute Gasteiger partial charge is 0.462 e. The molecule has 0 aromatic heterocycles. The van der Waals surface area contributed by atoms with Crippen LogP contribution in [0.4, 0.5) is 0 Å². The van der Waals surface area contributed by atoms with E-state index < -0.39 is 147 Å². The predicted molar refractivity (Wildman–Crippen MR) is 160 cm³/mol. The molecular weight excluding hydrogens is 644 g/mol. The van der Waals surface area contributed by atoms with Crippen LogP contribution >= 0.6 is 0 Å². The lowest BCUT2D eigenvalue weighted by atomic mass is 9.39. The Labute approximate surface area is 283 Å². The highest BCUT2D eigenvalue weighted by Crippen LogP contribution is 2.81. The van der Waals surface area contributed by atoms with Gasteiger partial charge in [-0.05, 0) is 43.9 Å². The second kappa shape index (κ2) is 9.41. The number of aliphatic hydroxyl groups is 3. The van der Waals surface area contributed by atoms with Gasteiger partial charge in [-0.2, -0.15) is 0 Å². The summed E-state index contributed by atoms with van der Waals surface area (Å²) >= 11 is 0. The fourth-order valence-corrected chi connectivity index (χ4v) is 13.5. The summed E-state index contributed by atoms with van der Waals surface area (Å²) in [5.74, 6) is -15.1. The van der Waals surface area contributed by atoms with E-state index >= 15 is 0 Å². The molecule has 3 unspecified atom stereocenters. The molecule has 5 aliphatic carbocycles. The van der Waals surface area contributed by atoms with Crippen LogP contribution < -0.4 is 0 Å². The minimum absolute atomic E-state index is 0.175. The molecule has 8 fully saturated rings. The lowest BCUT2D eigenvalue weighted by Crippen LogP contribution is -2.76. The van der Waals surface area contributed by atoms with E-state index in [0.717, 1.165) is 0 Å². The number of rotatable bonds is 3. The van der Waals surface area contributed by atoms with Gasteiger partial charge in [-0.15, -0.1) is 0 Å². The Balaban J connectivity index is 1.40. The molecule has 3 heterocycles. The van der Waals surface area contributed by atoms with Crippen molar-refractivity contribution in [2.45, 2.75) is 123 Å². The highest BCUT2D eigenvalue weighted by molar-refractivity contribution is 5.90. The van der Waals surface area contributed by atoms with Gasteiger partial charge >= 0.3 is 23.9 Å². The van der Waals surface area contributed by atoms with E-state index in [9.17, 15) is 39.3 Å². The van der Waals surface area contributed by atoms with Gasteiger partial charge in [-0.25, -0.2) is 4.79 Å². The molecule has 0 radical (unpaired) electrons. The predicted octanol–water partition coefficient (Wildman–Crippen LogP) is 0.648. The maximum absolute atomic E-state index is 14.5. The van der Waals surface area contributed by atoms with Crippen LogP contribution in [0.15, 0.2) is 0 Å². The van der Waals surface area contributed by atoms with E-state index in [-0.39, 0.29) is 6.42 Å². The third-order valence-corrected chi connectivity index (χ3v) is 15.2. The van der Waals surface area contributed by atoms with Gasteiger partial charge in [0.25, 0.3) is 0 Å². The van der Waals surface area contributed by atoms with Crippen molar-refractivity contribution in [2.24, 2.45) is 63.6 Å². The van der Waals surface area contributed by atoms with Crippen molar-refractivity contribution in [1.82, 2.24) is 0 Å². The van der Waals surface area contributed by atoms with Crippen molar-refractivity contribution < 1.29 is 67.7 Å². The summed E-state index contributed by atoms with van der Waals surface area (Å²) in [7, 11) is 0. The van der Waals surface area contributed by atoms with Crippen molar-refractivity contribution in [3.8, 4) is 0 Å². The van der Waals surface area contributed by atoms with Crippen molar-refractivity contribution in [2.75, 3.05) is 0 Å². The van der Waals surface area contributed by atoms with Crippen LogP contribution in [0.25, 0.3) is 0 Å². The second-order valence-corrected chi connectivity index (χ2v) is 17.1. The molecule has 1 spiro atoms. The van der Waals surface area contributed by atoms with Crippen LogP contribution in [0, 0.1) is 63.6 Å². The van der Waals surface area contributed by atoms with Gasteiger partial charge in [0.15, 0.2) is 11.4 Å². The fourth-order valence-electron chi connectivity index (χ4n) is 13.5. The zero-order valence-corrected chi connectivity index (χ0v) is 29.1. The van der Waals surface area contributed by atoms with Crippen LogP contribution in [0.5, 0.6) is 0 Å². The Morgan fingerprint density at radius 2 is 1.33 bits per heavy atom. The fraction of sp³-hybridized carbons (Fsp3) is 0.857. The minimum Gasteiger partial charge on any atom is -0.462 e. The molecule has 14 heteroatoms. The number of carbonyl (C=O) groups excluding carboxylic acids is 5. The van der Waals surface area contributed by atoms with Gasteiger partial charge < -0.3 is 43.7 Å². The standard InChI is InChI=1S/C35H46O14/c1-11-18-20(34(42,43)25(39)16-10-17-23(47-17)28(30(16,18)6)46-15(5)38)21-24(44-13(3)36)22-19(31(21,7)26(11)45-14(4)37)12(2)27-35(48-27)32(22,8)33(9,41)29(40)49-35/h11-12,16-24,26-28,41-43H,10H2,1-9H3/t11?,12-,16+,17-,18?,19-,20?,21+,22-,23-,24+,26-,27+,28-,30-,31+,32-,33+,35-/m0/s1. The summed E-state index contributed by atoms with van der Waals surface area (Å²) in [6.45, 7) is 14.1. The Hall–Kier alpha value is -2.65. The Kier molecular flexibility index (Phi) is 6.43. The molecule has 3 aliphatic heterocycles. The molecule has 19 atom stereocenters. The minimum atomic E-state index is -2.96. The van der Waals surface area contributed by atoms with Gasteiger partial charge in [0.2, 0.25) is 11.6 Å². The monoisotopic (exact) mass is 690 g/mol. The summed E-state index contributed by atoms with van der Waals surface area (Å²) in [6, 6.07) is 0. The van der Waals surface area contributed by atoms with Gasteiger partial charge in [0.05, 0.1) is 11.5 Å². The van der Waals surface area contributed by atoms with Crippen molar-refractivity contribution >= 4 is 29.7 Å². The third kappa shape index (κ3) is 3.53. The number of hydrogen-bond acceptors (Lipinski definition) is 14. The van der Waals surface area contributed by atoms with Crippen LogP contribution in [0.3, 0.4) is 0 Å². The number of ketones is 1. The highest BCUT2D eigenvalue weighted by Gasteiger charge is 2.93. The first kappa shape index (κ1) is 33.5. The Morgan fingerprint density at radius 3 is 1.92 bits per heavy atom. The summed E-state index contributed by atoms with van der Waals surface area (Å²) in [5, 5.41) is 36.5. The van der Waals surface area contributed by atoms with Gasteiger partial charge in [-0.3, -0.25) is 19.2 Å². The zero-order valence-electron chi connectivity index (χ0n) is 29.1. The first-order valence-electron chi connectivity index (χ1n) is 17.4. The number of ether oxygens (including phenoxy) is 6.